The molecule has 0 bridgehead atoms. The Labute approximate surface area is 183 Å². The quantitative estimate of drug-likeness (QED) is 0.360. The molecule has 0 aliphatic carbocycles. The lowest BCUT2D eigenvalue weighted by Crippen LogP contribution is -2.32. The summed E-state index contributed by atoms with van der Waals surface area (Å²) in [6.07, 6.45) is 3.51. The van der Waals surface area contributed by atoms with Gasteiger partial charge in [0.15, 0.2) is 17.1 Å². The lowest BCUT2D eigenvalue weighted by Gasteiger charge is -2.32. The molecule has 3 N–H and O–H groups in total. The van der Waals surface area contributed by atoms with Gasteiger partial charge in [-0.2, -0.15) is 0 Å². The fraction of sp³-hybridized carbons (Fsp3) is 0.320. The van der Waals surface area contributed by atoms with Crippen molar-refractivity contribution in [2.24, 2.45) is 0 Å². The summed E-state index contributed by atoms with van der Waals surface area (Å²) in [5.41, 5.74) is 1.64. The number of fused-ring (bicyclic) bond motifs is 6. The number of benzene rings is 2. The van der Waals surface area contributed by atoms with Crippen LogP contribution in [0.1, 0.15) is 45.2 Å². The first-order valence-corrected chi connectivity index (χ1v) is 10.5. The van der Waals surface area contributed by atoms with E-state index in [1.165, 1.54) is 6.07 Å². The van der Waals surface area contributed by atoms with Crippen molar-refractivity contribution in [2.75, 3.05) is 0 Å². The number of hydrogen-bond acceptors (Lipinski definition) is 7. The molecule has 7 heteroatoms. The lowest BCUT2D eigenvalue weighted by atomic mass is 9.92. The van der Waals surface area contributed by atoms with Gasteiger partial charge in [-0.25, -0.2) is 0 Å². The van der Waals surface area contributed by atoms with Gasteiger partial charge in [-0.1, -0.05) is 11.6 Å². The van der Waals surface area contributed by atoms with Crippen LogP contribution in [0.2, 0.25) is 0 Å². The summed E-state index contributed by atoms with van der Waals surface area (Å²) in [5, 5.41) is 32.0. The van der Waals surface area contributed by atoms with Gasteiger partial charge >= 0.3 is 5.78 Å². The van der Waals surface area contributed by atoms with Gasteiger partial charge in [-0.15, -0.1) is 0 Å². The molecule has 0 radical (unpaired) electrons. The summed E-state index contributed by atoms with van der Waals surface area (Å²) in [6.45, 7) is 7.73. The van der Waals surface area contributed by atoms with Crippen molar-refractivity contribution in [3.63, 3.8) is 0 Å². The molecule has 0 saturated heterocycles. The zero-order valence-corrected chi connectivity index (χ0v) is 18.3. The lowest BCUT2D eigenvalue weighted by molar-refractivity contribution is 0.0809. The third-order valence-electron chi connectivity index (χ3n) is 6.03. The van der Waals surface area contributed by atoms with Crippen molar-refractivity contribution in [1.82, 2.24) is 0 Å². The van der Waals surface area contributed by atoms with Crippen molar-refractivity contribution in [2.45, 2.75) is 52.6 Å². The molecule has 0 saturated carbocycles. The SMILES string of the molecule is CC(C)=CCc1c(O)cc(O)c2c(=O)c3c(oc12)oc1c2c(c(O)cc13)OC(C)(C)CC2. The molecule has 2 aromatic carbocycles. The zero-order valence-electron chi connectivity index (χ0n) is 18.3. The second-order valence-electron chi connectivity index (χ2n) is 9.22. The Balaban J connectivity index is 1.89. The van der Waals surface area contributed by atoms with Crippen LogP contribution in [0, 0.1) is 0 Å². The van der Waals surface area contributed by atoms with E-state index in [4.69, 9.17) is 13.6 Å². The highest BCUT2D eigenvalue weighted by Gasteiger charge is 2.33. The van der Waals surface area contributed by atoms with Crippen LogP contribution >= 0.6 is 0 Å². The first-order valence-electron chi connectivity index (χ1n) is 10.5. The summed E-state index contributed by atoms with van der Waals surface area (Å²) in [6, 6.07) is 2.59. The normalized spacial score (nSPS) is 15.1. The predicted octanol–water partition coefficient (Wildman–Crippen LogP) is 5.42. The third-order valence-corrected chi connectivity index (χ3v) is 6.03. The van der Waals surface area contributed by atoms with Crippen LogP contribution in [0.3, 0.4) is 0 Å². The average Bonchev–Trinajstić information content (AvgIpc) is 3.05. The van der Waals surface area contributed by atoms with E-state index in [1.807, 2.05) is 33.8 Å². The Morgan fingerprint density at radius 3 is 2.47 bits per heavy atom. The monoisotopic (exact) mass is 436 g/mol. The van der Waals surface area contributed by atoms with Crippen molar-refractivity contribution >= 4 is 33.1 Å². The highest BCUT2D eigenvalue weighted by atomic mass is 16.5. The Hall–Kier alpha value is -3.61. The smallest absolute Gasteiger partial charge is 0.302 e. The number of aromatic hydroxyl groups is 3. The van der Waals surface area contributed by atoms with Crippen molar-refractivity contribution in [1.29, 1.82) is 0 Å². The van der Waals surface area contributed by atoms with Gasteiger partial charge in [-0.05, 0) is 53.0 Å². The Kier molecular flexibility index (Phi) is 4.25. The van der Waals surface area contributed by atoms with Crippen LogP contribution in [0.25, 0.3) is 33.1 Å². The zero-order chi connectivity index (χ0) is 22.9. The van der Waals surface area contributed by atoms with Crippen LogP contribution in [-0.4, -0.2) is 20.9 Å². The van der Waals surface area contributed by atoms with Gasteiger partial charge < -0.3 is 28.9 Å². The third kappa shape index (κ3) is 2.92. The molecule has 0 atom stereocenters. The molecule has 2 aromatic heterocycles. The number of aryl methyl sites for hydroxylation is 1. The maximum absolute atomic E-state index is 13.5. The van der Waals surface area contributed by atoms with Crippen LogP contribution in [-0.2, 0) is 12.8 Å². The summed E-state index contributed by atoms with van der Waals surface area (Å²) in [5.74, 6) is -0.317. The molecule has 166 valence electrons. The second-order valence-corrected chi connectivity index (χ2v) is 9.22. The average molecular weight is 436 g/mol. The fourth-order valence-corrected chi connectivity index (χ4v) is 4.35. The minimum Gasteiger partial charge on any atom is -0.507 e. The van der Waals surface area contributed by atoms with E-state index in [2.05, 4.69) is 0 Å². The molecular weight excluding hydrogens is 412 g/mol. The number of phenols is 3. The largest absolute Gasteiger partial charge is 0.507 e. The topological polar surface area (TPSA) is 113 Å². The number of allylic oxidation sites excluding steroid dienone is 2. The van der Waals surface area contributed by atoms with E-state index in [9.17, 15) is 20.1 Å². The first-order chi connectivity index (χ1) is 15.1. The van der Waals surface area contributed by atoms with Crippen molar-refractivity contribution < 1.29 is 28.9 Å². The molecule has 4 aromatic rings. The summed E-state index contributed by atoms with van der Waals surface area (Å²) in [4.78, 5) is 13.5. The molecule has 3 heterocycles. The molecule has 0 fully saturated rings. The van der Waals surface area contributed by atoms with Crippen LogP contribution in [0.5, 0.6) is 23.0 Å². The molecule has 7 nitrogen and oxygen atoms in total. The molecular formula is C25H24O7. The molecule has 1 aliphatic rings. The van der Waals surface area contributed by atoms with Gasteiger partial charge in [0.25, 0.3) is 0 Å². The minimum atomic E-state index is -0.493. The number of hydrogen-bond donors (Lipinski definition) is 3. The van der Waals surface area contributed by atoms with Crippen molar-refractivity contribution in [3.8, 4) is 23.0 Å². The Bertz CT molecular complexity index is 1510. The van der Waals surface area contributed by atoms with E-state index in [0.717, 1.165) is 11.6 Å². The maximum atomic E-state index is 13.5. The van der Waals surface area contributed by atoms with E-state index < -0.39 is 11.0 Å². The van der Waals surface area contributed by atoms with Gasteiger partial charge in [0, 0.05) is 22.6 Å². The summed E-state index contributed by atoms with van der Waals surface area (Å²) < 4.78 is 17.9. The van der Waals surface area contributed by atoms with E-state index in [0.29, 0.717) is 47.1 Å². The maximum Gasteiger partial charge on any atom is 0.302 e. The summed E-state index contributed by atoms with van der Waals surface area (Å²) >= 11 is 0. The van der Waals surface area contributed by atoms with Gasteiger partial charge in [0.1, 0.15) is 33.5 Å². The molecule has 0 spiro atoms. The van der Waals surface area contributed by atoms with E-state index in [1.54, 1.807) is 0 Å². The van der Waals surface area contributed by atoms with E-state index >= 15 is 0 Å². The van der Waals surface area contributed by atoms with Crippen LogP contribution in [0.15, 0.2) is 37.4 Å². The molecule has 0 unspecified atom stereocenters. The first kappa shape index (κ1) is 20.3. The Morgan fingerprint density at radius 2 is 1.75 bits per heavy atom. The van der Waals surface area contributed by atoms with Crippen molar-refractivity contribution in [3.05, 3.63) is 45.1 Å². The number of ether oxygens (including phenoxy) is 1. The highest BCUT2D eigenvalue weighted by Crippen LogP contribution is 2.46. The van der Waals surface area contributed by atoms with Gasteiger partial charge in [-0.3, -0.25) is 4.79 Å². The molecule has 5 rings (SSSR count). The van der Waals surface area contributed by atoms with Crippen LogP contribution in [0.4, 0.5) is 0 Å². The second kappa shape index (κ2) is 6.69. The molecule has 1 aliphatic heterocycles. The van der Waals surface area contributed by atoms with Gasteiger partial charge in [0.2, 0.25) is 5.43 Å². The van der Waals surface area contributed by atoms with Crippen LogP contribution < -0.4 is 10.2 Å². The fourth-order valence-electron chi connectivity index (χ4n) is 4.35. The Morgan fingerprint density at radius 1 is 1.03 bits per heavy atom. The standard InChI is InChI=1S/C25H24O7/c1-11(2)5-6-12-15(26)10-16(27)19-20(29)18-14-9-17(28)22-13(7-8-25(3,4)32-22)21(14)30-24(18)31-23(12)19/h5,9-10,26-28H,6-8H2,1-4H3. The van der Waals surface area contributed by atoms with E-state index in [-0.39, 0.29) is 39.4 Å². The molecule has 0 amide bonds. The number of furan rings is 1. The highest BCUT2D eigenvalue weighted by molar-refractivity contribution is 6.09. The van der Waals surface area contributed by atoms with Gasteiger partial charge in [0.05, 0.1) is 0 Å². The number of rotatable bonds is 2. The number of phenolic OH excluding ortho intramolecular Hbond substituents is 3. The summed E-state index contributed by atoms with van der Waals surface area (Å²) in [7, 11) is 0. The predicted molar refractivity (Wildman–Crippen MR) is 121 cm³/mol. The minimum absolute atomic E-state index is 0.0291. The molecule has 32 heavy (non-hydrogen) atoms.